The fraction of sp³-hybridized carbons (Fsp3) is 0.400. The zero-order valence-electron chi connectivity index (χ0n) is 8.09. The molecular formula is C10H13BrN2O. The topological polar surface area (TPSA) is 45.4 Å². The summed E-state index contributed by atoms with van der Waals surface area (Å²) in [4.78, 5) is 0. The first-order valence-electron chi connectivity index (χ1n) is 4.52. The van der Waals surface area contributed by atoms with Crippen molar-refractivity contribution in [3.05, 3.63) is 28.2 Å². The molecule has 0 bridgehead atoms. The second kappa shape index (κ2) is 5.75. The summed E-state index contributed by atoms with van der Waals surface area (Å²) in [6.45, 7) is 3.14. The van der Waals surface area contributed by atoms with Crippen molar-refractivity contribution in [2.75, 3.05) is 6.61 Å². The van der Waals surface area contributed by atoms with Gasteiger partial charge in [0.25, 0.3) is 0 Å². The molecule has 0 saturated carbocycles. The maximum absolute atomic E-state index is 6.84. The Kier molecular flexibility index (Phi) is 4.59. The number of nitrogens with zero attached hydrogens (tertiary/aromatic N) is 1. The number of halogens is 1. The standard InChI is InChI=1S/C10H13BrN2O/c1-2-5-14-10-4-3-9(11)6-8(10)7-13-12/h3-4,6,12H,2,5,7H2,1H3. The Bertz CT molecular complexity index is 315. The third-order valence-electron chi connectivity index (χ3n) is 1.73. The van der Waals surface area contributed by atoms with Crippen LogP contribution in [0.4, 0.5) is 0 Å². The number of ether oxygens (including phenoxy) is 1. The van der Waals surface area contributed by atoms with E-state index in [1.54, 1.807) is 0 Å². The SMILES string of the molecule is CCCOc1ccc(Br)cc1CN=N. The number of hydrogen-bond donors (Lipinski definition) is 1. The lowest BCUT2D eigenvalue weighted by Crippen LogP contribution is -1.98. The van der Waals surface area contributed by atoms with Crippen LogP contribution in [-0.2, 0) is 6.54 Å². The van der Waals surface area contributed by atoms with Gasteiger partial charge in [0.1, 0.15) is 5.75 Å². The molecule has 14 heavy (non-hydrogen) atoms. The van der Waals surface area contributed by atoms with Gasteiger partial charge in [-0.05, 0) is 24.6 Å². The Morgan fingerprint density at radius 2 is 2.29 bits per heavy atom. The minimum Gasteiger partial charge on any atom is -0.493 e. The van der Waals surface area contributed by atoms with Gasteiger partial charge < -0.3 is 4.74 Å². The van der Waals surface area contributed by atoms with E-state index in [1.807, 2.05) is 18.2 Å². The van der Waals surface area contributed by atoms with Crippen LogP contribution >= 0.6 is 15.9 Å². The molecule has 0 spiro atoms. The highest BCUT2D eigenvalue weighted by Gasteiger charge is 2.03. The van der Waals surface area contributed by atoms with Gasteiger partial charge >= 0.3 is 0 Å². The Morgan fingerprint density at radius 1 is 1.50 bits per heavy atom. The fourth-order valence-electron chi connectivity index (χ4n) is 1.11. The lowest BCUT2D eigenvalue weighted by atomic mass is 10.2. The van der Waals surface area contributed by atoms with Crippen LogP contribution < -0.4 is 4.74 Å². The van der Waals surface area contributed by atoms with E-state index in [4.69, 9.17) is 10.3 Å². The number of hydrogen-bond acceptors (Lipinski definition) is 3. The third-order valence-corrected chi connectivity index (χ3v) is 2.23. The van der Waals surface area contributed by atoms with Crippen molar-refractivity contribution >= 4 is 15.9 Å². The van der Waals surface area contributed by atoms with E-state index < -0.39 is 0 Å². The monoisotopic (exact) mass is 256 g/mol. The van der Waals surface area contributed by atoms with E-state index in [-0.39, 0.29) is 0 Å². The van der Waals surface area contributed by atoms with E-state index in [2.05, 4.69) is 28.0 Å². The molecule has 0 aliphatic rings. The maximum Gasteiger partial charge on any atom is 0.124 e. The molecule has 0 fully saturated rings. The summed E-state index contributed by atoms with van der Waals surface area (Å²) in [5.41, 5.74) is 7.79. The van der Waals surface area contributed by atoms with Crippen LogP contribution in [0.5, 0.6) is 5.75 Å². The van der Waals surface area contributed by atoms with Gasteiger partial charge in [-0.15, -0.1) is 0 Å². The van der Waals surface area contributed by atoms with E-state index in [1.165, 1.54) is 0 Å². The molecule has 0 unspecified atom stereocenters. The summed E-state index contributed by atoms with van der Waals surface area (Å²) in [7, 11) is 0. The minimum atomic E-state index is 0.373. The second-order valence-corrected chi connectivity index (χ2v) is 3.83. The molecule has 0 radical (unpaired) electrons. The van der Waals surface area contributed by atoms with Gasteiger partial charge in [0.05, 0.1) is 13.2 Å². The molecule has 1 rings (SSSR count). The van der Waals surface area contributed by atoms with Crippen molar-refractivity contribution in [1.29, 1.82) is 5.53 Å². The zero-order chi connectivity index (χ0) is 10.4. The second-order valence-electron chi connectivity index (χ2n) is 2.92. The van der Waals surface area contributed by atoms with Crippen molar-refractivity contribution in [3.8, 4) is 5.75 Å². The lowest BCUT2D eigenvalue weighted by molar-refractivity contribution is 0.314. The quantitative estimate of drug-likeness (QED) is 0.802. The van der Waals surface area contributed by atoms with E-state index in [0.29, 0.717) is 13.2 Å². The first kappa shape index (κ1) is 11.2. The Hall–Kier alpha value is -0.900. The summed E-state index contributed by atoms with van der Waals surface area (Å²) < 4.78 is 6.52. The van der Waals surface area contributed by atoms with Crippen molar-refractivity contribution in [2.24, 2.45) is 5.11 Å². The first-order valence-corrected chi connectivity index (χ1v) is 5.31. The normalized spacial score (nSPS) is 9.86. The molecule has 0 aliphatic heterocycles. The van der Waals surface area contributed by atoms with Crippen LogP contribution in [-0.4, -0.2) is 6.61 Å². The average molecular weight is 257 g/mol. The van der Waals surface area contributed by atoms with Gasteiger partial charge in [0.2, 0.25) is 0 Å². The molecule has 0 heterocycles. The highest BCUT2D eigenvalue weighted by molar-refractivity contribution is 9.10. The first-order chi connectivity index (χ1) is 6.77. The van der Waals surface area contributed by atoms with Gasteiger partial charge in [0.15, 0.2) is 0 Å². The van der Waals surface area contributed by atoms with E-state index in [0.717, 1.165) is 22.2 Å². The molecule has 1 N–H and O–H groups in total. The Morgan fingerprint density at radius 3 is 2.93 bits per heavy atom. The van der Waals surface area contributed by atoms with Crippen LogP contribution in [0.1, 0.15) is 18.9 Å². The smallest absolute Gasteiger partial charge is 0.124 e. The van der Waals surface area contributed by atoms with Crippen molar-refractivity contribution < 1.29 is 4.74 Å². The van der Waals surface area contributed by atoms with Crippen LogP contribution in [0.2, 0.25) is 0 Å². The predicted octanol–water partition coefficient (Wildman–Crippen LogP) is 3.77. The summed E-state index contributed by atoms with van der Waals surface area (Å²) in [6, 6.07) is 5.77. The van der Waals surface area contributed by atoms with Gasteiger partial charge in [-0.2, -0.15) is 5.11 Å². The summed E-state index contributed by atoms with van der Waals surface area (Å²) in [5, 5.41) is 3.36. The molecule has 0 saturated heterocycles. The summed E-state index contributed by atoms with van der Waals surface area (Å²) >= 11 is 3.38. The highest BCUT2D eigenvalue weighted by Crippen LogP contribution is 2.24. The van der Waals surface area contributed by atoms with Gasteiger partial charge in [-0.1, -0.05) is 22.9 Å². The summed E-state index contributed by atoms with van der Waals surface area (Å²) in [6.07, 6.45) is 0.980. The van der Waals surface area contributed by atoms with Crippen molar-refractivity contribution in [2.45, 2.75) is 19.9 Å². The van der Waals surface area contributed by atoms with E-state index in [9.17, 15) is 0 Å². The minimum absolute atomic E-state index is 0.373. The third kappa shape index (κ3) is 3.10. The molecule has 1 aromatic carbocycles. The molecule has 76 valence electrons. The van der Waals surface area contributed by atoms with Crippen molar-refractivity contribution in [1.82, 2.24) is 0 Å². The molecular weight excluding hydrogens is 244 g/mol. The molecule has 0 aliphatic carbocycles. The van der Waals surface area contributed by atoms with Crippen molar-refractivity contribution in [3.63, 3.8) is 0 Å². The van der Waals surface area contributed by atoms with Crippen LogP contribution in [0.3, 0.4) is 0 Å². The average Bonchev–Trinajstić information content (AvgIpc) is 2.17. The van der Waals surface area contributed by atoms with Gasteiger partial charge in [-0.3, -0.25) is 0 Å². The van der Waals surface area contributed by atoms with Crippen LogP contribution in [0.15, 0.2) is 27.8 Å². The molecule has 1 aromatic rings. The zero-order valence-corrected chi connectivity index (χ0v) is 9.67. The van der Waals surface area contributed by atoms with E-state index >= 15 is 0 Å². The van der Waals surface area contributed by atoms with Gasteiger partial charge in [-0.25, -0.2) is 5.53 Å². The largest absolute Gasteiger partial charge is 0.493 e. The Balaban J connectivity index is 2.83. The Labute approximate surface area is 92.1 Å². The molecule has 3 nitrogen and oxygen atoms in total. The molecule has 4 heteroatoms. The van der Waals surface area contributed by atoms with Crippen LogP contribution in [0.25, 0.3) is 0 Å². The predicted molar refractivity (Wildman–Crippen MR) is 58.8 cm³/mol. The number of rotatable bonds is 5. The lowest BCUT2D eigenvalue weighted by Gasteiger charge is -2.09. The molecule has 0 aromatic heterocycles. The number of benzene rings is 1. The number of nitrogens with one attached hydrogen (secondary N) is 1. The molecule has 0 amide bonds. The maximum atomic E-state index is 6.84. The van der Waals surface area contributed by atoms with Crippen LogP contribution in [0, 0.1) is 5.53 Å². The fourth-order valence-corrected chi connectivity index (χ4v) is 1.52. The van der Waals surface area contributed by atoms with Gasteiger partial charge in [0, 0.05) is 10.0 Å². The summed E-state index contributed by atoms with van der Waals surface area (Å²) in [5.74, 6) is 0.825. The molecule has 0 atom stereocenters. The highest BCUT2D eigenvalue weighted by atomic mass is 79.9.